The lowest BCUT2D eigenvalue weighted by molar-refractivity contribution is 0.318. The molecule has 116 valence electrons. The Balaban J connectivity index is 2.32. The zero-order valence-corrected chi connectivity index (χ0v) is 13.1. The predicted molar refractivity (Wildman–Crippen MR) is 86.2 cm³/mol. The monoisotopic (exact) mass is 290 g/mol. The Morgan fingerprint density at radius 2 is 2.14 bits per heavy atom. The summed E-state index contributed by atoms with van der Waals surface area (Å²) in [5, 5.41) is 12.2. The van der Waals surface area contributed by atoms with Gasteiger partial charge in [-0.15, -0.1) is 0 Å². The average Bonchev–Trinajstić information content (AvgIpc) is 2.53. The summed E-state index contributed by atoms with van der Waals surface area (Å²) in [6.07, 6.45) is 7.97. The molecule has 2 rings (SSSR count). The van der Waals surface area contributed by atoms with Gasteiger partial charge in [0.2, 0.25) is 0 Å². The molecule has 0 unspecified atom stereocenters. The van der Waals surface area contributed by atoms with E-state index in [4.69, 9.17) is 15.9 Å². The number of rotatable bonds is 6. The van der Waals surface area contributed by atoms with Crippen LogP contribution in [0.5, 0.6) is 0 Å². The fourth-order valence-electron chi connectivity index (χ4n) is 2.86. The van der Waals surface area contributed by atoms with Gasteiger partial charge in [0.05, 0.1) is 5.56 Å². The number of hydrogen-bond acceptors (Lipinski definition) is 4. The van der Waals surface area contributed by atoms with Crippen LogP contribution >= 0.6 is 0 Å². The number of oxime groups is 1. The standard InChI is InChI=1S/C16H26N4O/c1-3-4-7-10-20(2)16-13(15(17)19-21)11-12-8-5-6-9-14(12)18-16/h11,21H,3-10H2,1-2H3,(H2,17,19). The van der Waals surface area contributed by atoms with E-state index in [1.165, 1.54) is 36.9 Å². The van der Waals surface area contributed by atoms with Gasteiger partial charge in [0, 0.05) is 19.3 Å². The highest BCUT2D eigenvalue weighted by atomic mass is 16.4. The third-order valence-corrected chi connectivity index (χ3v) is 4.12. The molecule has 0 aliphatic heterocycles. The van der Waals surface area contributed by atoms with E-state index < -0.39 is 0 Å². The maximum Gasteiger partial charge on any atom is 0.173 e. The van der Waals surface area contributed by atoms with Gasteiger partial charge in [-0.3, -0.25) is 0 Å². The van der Waals surface area contributed by atoms with Crippen molar-refractivity contribution in [1.29, 1.82) is 0 Å². The van der Waals surface area contributed by atoms with Crippen molar-refractivity contribution in [3.8, 4) is 0 Å². The van der Waals surface area contributed by atoms with Crippen LogP contribution in [-0.4, -0.2) is 29.6 Å². The minimum absolute atomic E-state index is 0.146. The average molecular weight is 290 g/mol. The van der Waals surface area contributed by atoms with Gasteiger partial charge in [-0.1, -0.05) is 24.9 Å². The normalized spacial score (nSPS) is 14.9. The molecule has 1 aliphatic carbocycles. The summed E-state index contributed by atoms with van der Waals surface area (Å²) in [5.74, 6) is 0.982. The number of amidine groups is 1. The van der Waals surface area contributed by atoms with Crippen LogP contribution in [0.15, 0.2) is 11.2 Å². The molecule has 1 aliphatic rings. The van der Waals surface area contributed by atoms with Gasteiger partial charge in [-0.25, -0.2) is 4.98 Å². The third-order valence-electron chi connectivity index (χ3n) is 4.12. The second kappa shape index (κ2) is 7.29. The van der Waals surface area contributed by atoms with E-state index in [-0.39, 0.29) is 5.84 Å². The lowest BCUT2D eigenvalue weighted by Gasteiger charge is -2.24. The van der Waals surface area contributed by atoms with Crippen molar-refractivity contribution in [2.24, 2.45) is 10.9 Å². The Hall–Kier alpha value is -1.78. The van der Waals surface area contributed by atoms with Gasteiger partial charge in [0.25, 0.3) is 0 Å². The van der Waals surface area contributed by atoms with E-state index in [0.29, 0.717) is 0 Å². The molecule has 0 spiro atoms. The number of hydrogen-bond donors (Lipinski definition) is 2. The highest BCUT2D eigenvalue weighted by Gasteiger charge is 2.19. The number of fused-ring (bicyclic) bond motifs is 1. The minimum atomic E-state index is 0.146. The van der Waals surface area contributed by atoms with Crippen molar-refractivity contribution in [2.75, 3.05) is 18.5 Å². The number of pyridine rings is 1. The topological polar surface area (TPSA) is 74.7 Å². The SMILES string of the molecule is CCCCCN(C)c1nc2c(cc1C(N)=NO)CCCC2. The first-order valence-electron chi connectivity index (χ1n) is 7.89. The molecule has 21 heavy (non-hydrogen) atoms. The Morgan fingerprint density at radius 1 is 1.38 bits per heavy atom. The second-order valence-electron chi connectivity index (χ2n) is 5.79. The van der Waals surface area contributed by atoms with Crippen LogP contribution in [0.4, 0.5) is 5.82 Å². The summed E-state index contributed by atoms with van der Waals surface area (Å²) in [4.78, 5) is 6.94. The molecule has 1 aromatic rings. The first kappa shape index (κ1) is 15.6. The molecule has 0 amide bonds. The van der Waals surface area contributed by atoms with Crippen molar-refractivity contribution < 1.29 is 5.21 Å². The van der Waals surface area contributed by atoms with E-state index in [1.54, 1.807) is 0 Å². The molecule has 0 radical (unpaired) electrons. The predicted octanol–water partition coefficient (Wildman–Crippen LogP) is 2.68. The number of nitrogens with zero attached hydrogens (tertiary/aromatic N) is 3. The maximum atomic E-state index is 9.03. The molecular formula is C16H26N4O. The Labute approximate surface area is 126 Å². The van der Waals surface area contributed by atoms with Gasteiger partial charge >= 0.3 is 0 Å². The molecule has 0 atom stereocenters. The van der Waals surface area contributed by atoms with Gasteiger partial charge < -0.3 is 15.8 Å². The van der Waals surface area contributed by atoms with E-state index in [0.717, 1.165) is 37.2 Å². The van der Waals surface area contributed by atoms with Crippen LogP contribution in [-0.2, 0) is 12.8 Å². The molecule has 0 saturated heterocycles. The van der Waals surface area contributed by atoms with Gasteiger partial charge in [-0.05, 0) is 43.7 Å². The minimum Gasteiger partial charge on any atom is -0.409 e. The smallest absolute Gasteiger partial charge is 0.173 e. The Kier molecular flexibility index (Phi) is 5.42. The van der Waals surface area contributed by atoms with Gasteiger partial charge in [-0.2, -0.15) is 0 Å². The largest absolute Gasteiger partial charge is 0.409 e. The lowest BCUT2D eigenvalue weighted by atomic mass is 9.94. The third kappa shape index (κ3) is 3.65. The second-order valence-corrected chi connectivity index (χ2v) is 5.79. The first-order chi connectivity index (χ1) is 10.2. The van der Waals surface area contributed by atoms with Gasteiger partial charge in [0.1, 0.15) is 5.82 Å². The molecule has 0 aromatic carbocycles. The highest BCUT2D eigenvalue weighted by molar-refractivity contribution is 6.01. The van der Waals surface area contributed by atoms with Crippen molar-refractivity contribution >= 4 is 11.7 Å². The van der Waals surface area contributed by atoms with Crippen molar-refractivity contribution in [1.82, 2.24) is 4.98 Å². The summed E-state index contributed by atoms with van der Waals surface area (Å²) in [5.41, 5.74) is 9.02. The number of anilines is 1. The summed E-state index contributed by atoms with van der Waals surface area (Å²) < 4.78 is 0. The molecule has 1 aromatic heterocycles. The van der Waals surface area contributed by atoms with Crippen LogP contribution in [0, 0.1) is 0 Å². The number of aromatic nitrogens is 1. The molecule has 0 fully saturated rings. The summed E-state index contributed by atoms with van der Waals surface area (Å²) in [6, 6.07) is 2.06. The van der Waals surface area contributed by atoms with Crippen LogP contribution in [0.3, 0.4) is 0 Å². The first-order valence-corrected chi connectivity index (χ1v) is 7.89. The van der Waals surface area contributed by atoms with E-state index in [9.17, 15) is 0 Å². The van der Waals surface area contributed by atoms with Crippen molar-refractivity contribution in [3.05, 3.63) is 22.9 Å². The molecule has 3 N–H and O–H groups in total. The van der Waals surface area contributed by atoms with Crippen LogP contribution in [0.1, 0.15) is 55.8 Å². The molecule has 0 bridgehead atoms. The van der Waals surface area contributed by atoms with E-state index in [2.05, 4.69) is 23.0 Å². The fraction of sp³-hybridized carbons (Fsp3) is 0.625. The maximum absolute atomic E-state index is 9.03. The quantitative estimate of drug-likeness (QED) is 0.278. The van der Waals surface area contributed by atoms with Crippen molar-refractivity contribution in [3.63, 3.8) is 0 Å². The number of unbranched alkanes of at least 4 members (excludes halogenated alkanes) is 2. The summed E-state index contributed by atoms with van der Waals surface area (Å²) in [6.45, 7) is 3.13. The Bertz CT molecular complexity index is 513. The summed E-state index contributed by atoms with van der Waals surface area (Å²) in [7, 11) is 2.03. The fourth-order valence-corrected chi connectivity index (χ4v) is 2.86. The van der Waals surface area contributed by atoms with Crippen LogP contribution in [0.2, 0.25) is 0 Å². The van der Waals surface area contributed by atoms with E-state index >= 15 is 0 Å². The Morgan fingerprint density at radius 3 is 2.86 bits per heavy atom. The summed E-state index contributed by atoms with van der Waals surface area (Å²) >= 11 is 0. The van der Waals surface area contributed by atoms with Crippen LogP contribution in [0.25, 0.3) is 0 Å². The molecule has 5 heteroatoms. The molecule has 5 nitrogen and oxygen atoms in total. The lowest BCUT2D eigenvalue weighted by Crippen LogP contribution is -2.26. The molecule has 1 heterocycles. The highest BCUT2D eigenvalue weighted by Crippen LogP contribution is 2.26. The van der Waals surface area contributed by atoms with E-state index in [1.807, 2.05) is 7.05 Å². The van der Waals surface area contributed by atoms with Crippen molar-refractivity contribution in [2.45, 2.75) is 51.9 Å². The van der Waals surface area contributed by atoms with Crippen LogP contribution < -0.4 is 10.6 Å². The van der Waals surface area contributed by atoms with Gasteiger partial charge in [0.15, 0.2) is 5.84 Å². The molecular weight excluding hydrogens is 264 g/mol. The number of nitrogens with two attached hydrogens (primary N) is 1. The number of aryl methyl sites for hydroxylation is 2. The zero-order chi connectivity index (χ0) is 15.2. The zero-order valence-electron chi connectivity index (χ0n) is 13.1. The molecule has 0 saturated carbocycles.